The quantitative estimate of drug-likeness (QED) is 0.292. The molecule has 1 saturated carbocycles. The second-order valence-electron chi connectivity index (χ2n) is 7.64. The molecule has 0 saturated heterocycles. The topological polar surface area (TPSA) is 46.3 Å². The van der Waals surface area contributed by atoms with Crippen LogP contribution < -0.4 is 4.90 Å². The molecule has 2 aromatic carbocycles. The summed E-state index contributed by atoms with van der Waals surface area (Å²) >= 11 is 6.14. The minimum Gasteiger partial charge on any atom is -0.329 e. The van der Waals surface area contributed by atoms with Crippen molar-refractivity contribution in [3.63, 3.8) is 0 Å². The monoisotopic (exact) mass is 459 g/mol. The van der Waals surface area contributed by atoms with E-state index in [2.05, 4.69) is 27.0 Å². The van der Waals surface area contributed by atoms with Crippen molar-refractivity contribution < 1.29 is 17.6 Å². The minimum absolute atomic E-state index is 0.0393. The third-order valence-electron chi connectivity index (χ3n) is 5.52. The molecule has 5 nitrogen and oxygen atoms in total. The highest BCUT2D eigenvalue weighted by Crippen LogP contribution is 2.57. The maximum atomic E-state index is 14.4. The summed E-state index contributed by atoms with van der Waals surface area (Å²) in [5, 5.41) is 8.67. The Labute approximate surface area is 184 Å². The zero-order chi connectivity index (χ0) is 22.7. The van der Waals surface area contributed by atoms with Gasteiger partial charge in [-0.2, -0.15) is 18.2 Å². The molecule has 0 unspecified atom stereocenters. The van der Waals surface area contributed by atoms with E-state index >= 15 is 0 Å². The fourth-order valence-corrected chi connectivity index (χ4v) is 3.77. The molecule has 0 aliphatic heterocycles. The van der Waals surface area contributed by atoms with Crippen LogP contribution in [-0.4, -0.2) is 32.8 Å². The molecular weight excluding hydrogens is 446 g/mol. The lowest BCUT2D eigenvalue weighted by Gasteiger charge is -2.21. The second-order valence-corrected chi connectivity index (χ2v) is 7.98. The largest absolute Gasteiger partial charge is 0.405 e. The number of anilines is 2. The second kappa shape index (κ2) is 7.07. The van der Waals surface area contributed by atoms with Gasteiger partial charge in [-0.15, -0.1) is 10.2 Å². The lowest BCUT2D eigenvalue weighted by atomic mass is 10.1. The molecule has 0 spiro atoms. The van der Waals surface area contributed by atoms with Gasteiger partial charge in [0.15, 0.2) is 0 Å². The lowest BCUT2D eigenvalue weighted by molar-refractivity contribution is -0.168. The van der Waals surface area contributed by atoms with Gasteiger partial charge < -0.3 is 4.90 Å². The summed E-state index contributed by atoms with van der Waals surface area (Å²) in [6, 6.07) is 11.2. The number of fused-ring (bicyclic) bond motifs is 3. The van der Waals surface area contributed by atoms with Gasteiger partial charge in [0.25, 0.3) is 5.78 Å². The highest BCUT2D eigenvalue weighted by Gasteiger charge is 2.62. The minimum atomic E-state index is -4.40. The van der Waals surface area contributed by atoms with E-state index in [-0.39, 0.29) is 29.5 Å². The molecule has 0 amide bonds. The molecule has 4 aromatic rings. The molecule has 0 N–H and O–H groups in total. The Bertz CT molecular complexity index is 1430. The Morgan fingerprint density at radius 3 is 2.59 bits per heavy atom. The van der Waals surface area contributed by atoms with Crippen LogP contribution in [0.1, 0.15) is 18.4 Å². The van der Waals surface area contributed by atoms with Gasteiger partial charge in [-0.25, -0.2) is 8.79 Å². The maximum Gasteiger partial charge on any atom is 0.405 e. The van der Waals surface area contributed by atoms with E-state index in [1.54, 1.807) is 16.3 Å². The summed E-state index contributed by atoms with van der Waals surface area (Å²) in [6.45, 7) is 0. The summed E-state index contributed by atoms with van der Waals surface area (Å²) in [5.74, 6) is 4.91. The van der Waals surface area contributed by atoms with E-state index in [4.69, 9.17) is 11.6 Å². The van der Waals surface area contributed by atoms with Crippen molar-refractivity contribution in [2.45, 2.75) is 19.0 Å². The van der Waals surface area contributed by atoms with E-state index in [0.29, 0.717) is 22.4 Å². The van der Waals surface area contributed by atoms with Gasteiger partial charge >= 0.3 is 6.18 Å². The van der Waals surface area contributed by atoms with Crippen LogP contribution in [0.2, 0.25) is 5.28 Å². The zero-order valence-electron chi connectivity index (χ0n) is 16.6. The Morgan fingerprint density at radius 1 is 1.12 bits per heavy atom. The first-order chi connectivity index (χ1) is 15.2. The van der Waals surface area contributed by atoms with Crippen LogP contribution in [0, 0.1) is 23.1 Å². The molecule has 0 radical (unpaired) electrons. The molecule has 2 aromatic heterocycles. The van der Waals surface area contributed by atoms with Crippen LogP contribution in [0.25, 0.3) is 16.7 Å². The molecule has 5 rings (SSSR count). The van der Waals surface area contributed by atoms with Gasteiger partial charge in [-0.3, -0.25) is 0 Å². The Morgan fingerprint density at radius 2 is 1.88 bits per heavy atom. The molecule has 1 fully saturated rings. The molecule has 1 aliphatic carbocycles. The summed E-state index contributed by atoms with van der Waals surface area (Å²) in [5.41, 5.74) is -0.759. The van der Waals surface area contributed by atoms with Crippen LogP contribution in [0.4, 0.5) is 29.1 Å². The van der Waals surface area contributed by atoms with Crippen molar-refractivity contribution in [2.24, 2.45) is 5.41 Å². The van der Waals surface area contributed by atoms with Crippen molar-refractivity contribution in [1.82, 2.24) is 19.6 Å². The molecule has 0 bridgehead atoms. The van der Waals surface area contributed by atoms with Gasteiger partial charge in [0.1, 0.15) is 17.1 Å². The number of hydrogen-bond donors (Lipinski definition) is 0. The van der Waals surface area contributed by atoms with Crippen LogP contribution in [0.15, 0.2) is 42.5 Å². The summed E-state index contributed by atoms with van der Waals surface area (Å²) in [4.78, 5) is 6.13. The number of rotatable bonds is 2. The zero-order valence-corrected chi connectivity index (χ0v) is 17.3. The predicted molar refractivity (Wildman–Crippen MR) is 112 cm³/mol. The maximum absolute atomic E-state index is 14.4. The van der Waals surface area contributed by atoms with Crippen molar-refractivity contribution in [1.29, 1.82) is 0 Å². The van der Waals surface area contributed by atoms with Gasteiger partial charge in [0.05, 0.1) is 5.52 Å². The van der Waals surface area contributed by atoms with Crippen LogP contribution >= 0.6 is 11.6 Å². The average Bonchev–Trinajstić information content (AvgIpc) is 3.48. The molecule has 10 heteroatoms. The molecule has 2 heterocycles. The van der Waals surface area contributed by atoms with E-state index < -0.39 is 17.4 Å². The molecule has 32 heavy (non-hydrogen) atoms. The van der Waals surface area contributed by atoms with Crippen LogP contribution in [0.3, 0.4) is 0 Å². The predicted octanol–water partition coefficient (Wildman–Crippen LogP) is 5.53. The fraction of sp³-hybridized carbons (Fsp3) is 0.227. The molecule has 0 atom stereocenters. The van der Waals surface area contributed by atoms with Gasteiger partial charge in [0, 0.05) is 23.7 Å². The lowest BCUT2D eigenvalue weighted by Crippen LogP contribution is -2.22. The number of para-hydroxylation sites is 1. The Hall–Kier alpha value is -3.38. The first-order valence-corrected chi connectivity index (χ1v) is 10.00. The Kier molecular flexibility index (Phi) is 4.53. The first-order valence-electron chi connectivity index (χ1n) is 9.62. The molecular formula is C22H14ClF4N5. The first kappa shape index (κ1) is 20.5. The third kappa shape index (κ3) is 3.31. The highest BCUT2D eigenvalue weighted by atomic mass is 35.5. The summed E-state index contributed by atoms with van der Waals surface area (Å²) in [7, 11) is 1.67. The van der Waals surface area contributed by atoms with Crippen molar-refractivity contribution in [2.75, 3.05) is 11.9 Å². The average molecular weight is 460 g/mol. The smallest absolute Gasteiger partial charge is 0.329 e. The SMILES string of the molecule is CN(c1cc(F)cc(C#CC2(C(F)(F)F)CC2)c1)c1nc2nnc(Cl)n2c2ccccc12. The highest BCUT2D eigenvalue weighted by molar-refractivity contribution is 6.29. The molecule has 162 valence electrons. The number of nitrogens with zero attached hydrogens (tertiary/aromatic N) is 5. The van der Waals surface area contributed by atoms with Crippen LogP contribution in [0.5, 0.6) is 0 Å². The number of alkyl halides is 3. The summed E-state index contributed by atoms with van der Waals surface area (Å²) < 4.78 is 55.5. The number of benzene rings is 2. The van der Waals surface area contributed by atoms with Gasteiger partial charge in [-0.05, 0) is 54.8 Å². The van der Waals surface area contributed by atoms with E-state index in [9.17, 15) is 17.6 Å². The third-order valence-corrected chi connectivity index (χ3v) is 5.77. The normalized spacial score (nSPS) is 14.9. The van der Waals surface area contributed by atoms with Crippen LogP contribution in [-0.2, 0) is 0 Å². The van der Waals surface area contributed by atoms with Crippen molar-refractivity contribution in [3.8, 4) is 11.8 Å². The Balaban J connectivity index is 1.60. The van der Waals surface area contributed by atoms with Gasteiger partial charge in [0.2, 0.25) is 5.28 Å². The number of halogens is 5. The summed E-state index contributed by atoms with van der Waals surface area (Å²) in [6.07, 6.45) is -4.48. The number of hydrogen-bond acceptors (Lipinski definition) is 4. The van der Waals surface area contributed by atoms with Crippen molar-refractivity contribution in [3.05, 3.63) is 59.1 Å². The van der Waals surface area contributed by atoms with E-state index in [1.165, 1.54) is 12.1 Å². The molecule has 1 aliphatic rings. The number of aromatic nitrogens is 4. The van der Waals surface area contributed by atoms with Gasteiger partial charge in [-0.1, -0.05) is 24.0 Å². The van der Waals surface area contributed by atoms with E-state index in [0.717, 1.165) is 6.07 Å². The van der Waals surface area contributed by atoms with E-state index in [1.807, 2.05) is 24.3 Å². The fourth-order valence-electron chi connectivity index (χ4n) is 3.56. The standard InChI is InChI=1S/C22H14ClF4N5/c1-31(18-16-4-2-3-5-17(16)32-19(23)29-30-20(32)28-18)15-11-13(10-14(24)12-15)6-7-21(8-9-21)22(25,26)27/h2-5,10-12H,8-9H2,1H3. The van der Waals surface area contributed by atoms with Crippen molar-refractivity contribution >= 4 is 39.8 Å².